The molecule has 1 aromatic heterocycles. The Morgan fingerprint density at radius 2 is 1.95 bits per heavy atom. The summed E-state index contributed by atoms with van der Waals surface area (Å²) in [7, 11) is 1.66. The van der Waals surface area contributed by atoms with Gasteiger partial charge in [0.25, 0.3) is 0 Å². The molecule has 9 heteroatoms. The minimum absolute atomic E-state index is 0.0157. The predicted octanol–water partition coefficient (Wildman–Crippen LogP) is 6.10. The SMILES string of the molecule is C=CC(=O)Nc1cc(Oc2nc(Nc3ccc(C4CNCCCO4)cc3OC)ccc2N2CCCCC2)ccc1C. The number of aromatic nitrogens is 1. The van der Waals surface area contributed by atoms with Crippen molar-refractivity contribution in [3.63, 3.8) is 0 Å². The highest BCUT2D eigenvalue weighted by Crippen LogP contribution is 2.37. The minimum atomic E-state index is -0.273. The van der Waals surface area contributed by atoms with Crippen LogP contribution in [0.3, 0.4) is 0 Å². The molecular weight excluding hydrogens is 518 g/mol. The molecule has 2 aromatic carbocycles. The standard InChI is InChI=1S/C32H39N5O4/c1-4-31(38)35-26-20-24(11-9-22(26)2)41-32-27(37-16-6-5-7-17-37)13-14-30(36-32)34-25-12-10-23(19-28(25)39-3)29-21-33-15-8-18-40-29/h4,9-14,19-20,29,33H,1,5-8,15-18,21H2,2-3H3,(H,34,36)(H,35,38). The van der Waals surface area contributed by atoms with Gasteiger partial charge >= 0.3 is 0 Å². The van der Waals surface area contributed by atoms with Gasteiger partial charge in [-0.25, -0.2) is 0 Å². The quantitative estimate of drug-likeness (QED) is 0.272. The predicted molar refractivity (Wildman–Crippen MR) is 163 cm³/mol. The summed E-state index contributed by atoms with van der Waals surface area (Å²) in [6.07, 6.45) is 5.72. The fourth-order valence-corrected chi connectivity index (χ4v) is 5.13. The second-order valence-electron chi connectivity index (χ2n) is 10.3. The van der Waals surface area contributed by atoms with Gasteiger partial charge in [-0.1, -0.05) is 18.7 Å². The highest BCUT2D eigenvalue weighted by Gasteiger charge is 2.20. The number of nitrogens with zero attached hydrogens (tertiary/aromatic N) is 2. The Morgan fingerprint density at radius 3 is 2.76 bits per heavy atom. The van der Waals surface area contributed by atoms with Crippen molar-refractivity contribution in [3.8, 4) is 17.4 Å². The molecule has 41 heavy (non-hydrogen) atoms. The summed E-state index contributed by atoms with van der Waals surface area (Å²) in [6, 6.07) is 15.7. The third kappa shape index (κ3) is 7.17. The monoisotopic (exact) mass is 557 g/mol. The summed E-state index contributed by atoms with van der Waals surface area (Å²) in [4.78, 5) is 19.2. The summed E-state index contributed by atoms with van der Waals surface area (Å²) >= 11 is 0. The first-order valence-electron chi connectivity index (χ1n) is 14.3. The Bertz CT molecular complexity index is 1360. The molecule has 216 valence electrons. The molecule has 0 bridgehead atoms. The Labute approximate surface area is 241 Å². The van der Waals surface area contributed by atoms with E-state index in [1.54, 1.807) is 7.11 Å². The van der Waals surface area contributed by atoms with Gasteiger partial charge in [0.05, 0.1) is 18.9 Å². The van der Waals surface area contributed by atoms with Crippen LogP contribution >= 0.6 is 0 Å². The smallest absolute Gasteiger partial charge is 0.247 e. The topological polar surface area (TPSA) is 97.0 Å². The normalized spacial score (nSPS) is 17.3. The van der Waals surface area contributed by atoms with Crippen molar-refractivity contribution >= 4 is 28.8 Å². The third-order valence-electron chi connectivity index (χ3n) is 7.41. The Kier molecular flexibility index (Phi) is 9.38. The van der Waals surface area contributed by atoms with E-state index in [2.05, 4.69) is 39.6 Å². The fourth-order valence-electron chi connectivity index (χ4n) is 5.13. The van der Waals surface area contributed by atoms with E-state index in [-0.39, 0.29) is 12.0 Å². The lowest BCUT2D eigenvalue weighted by Crippen LogP contribution is -2.29. The number of amides is 1. The zero-order valence-corrected chi connectivity index (χ0v) is 23.9. The molecule has 1 atom stereocenters. The second-order valence-corrected chi connectivity index (χ2v) is 10.3. The van der Waals surface area contributed by atoms with E-state index >= 15 is 0 Å². The fraction of sp³-hybridized carbons (Fsp3) is 0.375. The van der Waals surface area contributed by atoms with E-state index in [9.17, 15) is 4.79 Å². The Morgan fingerprint density at radius 1 is 1.10 bits per heavy atom. The molecule has 3 aromatic rings. The minimum Gasteiger partial charge on any atom is -0.495 e. The van der Waals surface area contributed by atoms with Crippen molar-refractivity contribution in [2.45, 2.75) is 38.7 Å². The number of rotatable bonds is 9. The lowest BCUT2D eigenvalue weighted by molar-refractivity contribution is -0.111. The number of methoxy groups -OCH3 is 1. The number of piperidine rings is 1. The first-order chi connectivity index (χ1) is 20.0. The maximum Gasteiger partial charge on any atom is 0.247 e. The van der Waals surface area contributed by atoms with E-state index in [0.717, 1.165) is 74.6 Å². The molecule has 2 fully saturated rings. The first kappa shape index (κ1) is 28.4. The van der Waals surface area contributed by atoms with Gasteiger partial charge in [0.1, 0.15) is 23.0 Å². The van der Waals surface area contributed by atoms with Gasteiger partial charge in [-0.05, 0) is 86.7 Å². The zero-order valence-electron chi connectivity index (χ0n) is 23.9. The van der Waals surface area contributed by atoms with Gasteiger partial charge in [-0.2, -0.15) is 4.98 Å². The summed E-state index contributed by atoms with van der Waals surface area (Å²) in [5.74, 6) is 2.14. The maximum atomic E-state index is 11.9. The molecule has 5 rings (SSSR count). The highest BCUT2D eigenvalue weighted by atomic mass is 16.5. The number of aryl methyl sites for hydroxylation is 1. The van der Waals surface area contributed by atoms with E-state index in [1.165, 1.54) is 12.5 Å². The third-order valence-corrected chi connectivity index (χ3v) is 7.41. The number of anilines is 4. The molecule has 2 aliphatic heterocycles. The summed E-state index contributed by atoms with van der Waals surface area (Å²) in [6.45, 7) is 9.85. The van der Waals surface area contributed by atoms with Crippen LogP contribution in [-0.2, 0) is 9.53 Å². The van der Waals surface area contributed by atoms with Crippen LogP contribution in [0.4, 0.5) is 22.9 Å². The molecule has 0 saturated carbocycles. The number of benzene rings is 2. The van der Waals surface area contributed by atoms with Crippen molar-refractivity contribution in [2.75, 3.05) is 55.4 Å². The molecule has 0 radical (unpaired) electrons. The van der Waals surface area contributed by atoms with Crippen molar-refractivity contribution in [3.05, 3.63) is 72.3 Å². The van der Waals surface area contributed by atoms with Crippen molar-refractivity contribution in [1.29, 1.82) is 0 Å². The lowest BCUT2D eigenvalue weighted by Gasteiger charge is -2.30. The summed E-state index contributed by atoms with van der Waals surface area (Å²) in [5.41, 5.74) is 4.39. The molecule has 3 heterocycles. The second kappa shape index (κ2) is 13.5. The van der Waals surface area contributed by atoms with Gasteiger partial charge < -0.3 is 35.1 Å². The van der Waals surface area contributed by atoms with Gasteiger partial charge in [0, 0.05) is 38.0 Å². The zero-order chi connectivity index (χ0) is 28.6. The molecule has 3 N–H and O–H groups in total. The van der Waals surface area contributed by atoms with Gasteiger partial charge in [0.15, 0.2) is 0 Å². The van der Waals surface area contributed by atoms with Crippen molar-refractivity contribution in [1.82, 2.24) is 10.3 Å². The average Bonchev–Trinajstić information content (AvgIpc) is 3.29. The summed E-state index contributed by atoms with van der Waals surface area (Å²) in [5, 5.41) is 9.69. The number of carbonyl (C=O) groups is 1. The molecular formula is C32H39N5O4. The largest absolute Gasteiger partial charge is 0.495 e. The van der Waals surface area contributed by atoms with E-state index in [4.69, 9.17) is 19.2 Å². The number of ether oxygens (including phenoxy) is 3. The van der Waals surface area contributed by atoms with Gasteiger partial charge in [-0.3, -0.25) is 4.79 Å². The Balaban J connectivity index is 1.42. The number of pyridine rings is 1. The molecule has 1 amide bonds. The molecule has 0 spiro atoms. The number of carbonyl (C=O) groups excluding carboxylic acids is 1. The van der Waals surface area contributed by atoms with Gasteiger partial charge in [0.2, 0.25) is 11.8 Å². The maximum absolute atomic E-state index is 11.9. The van der Waals surface area contributed by atoms with E-state index in [0.29, 0.717) is 28.9 Å². The Hall–Kier alpha value is -4.08. The van der Waals surface area contributed by atoms with Crippen molar-refractivity contribution < 1.29 is 19.0 Å². The van der Waals surface area contributed by atoms with Crippen LogP contribution in [0.5, 0.6) is 17.4 Å². The molecule has 1 unspecified atom stereocenters. The first-order valence-corrected chi connectivity index (χ1v) is 14.3. The number of hydrogen-bond acceptors (Lipinski definition) is 8. The summed E-state index contributed by atoms with van der Waals surface area (Å²) < 4.78 is 18.2. The van der Waals surface area contributed by atoms with Crippen LogP contribution in [0.25, 0.3) is 0 Å². The lowest BCUT2D eigenvalue weighted by atomic mass is 10.1. The van der Waals surface area contributed by atoms with Crippen LogP contribution in [0.2, 0.25) is 0 Å². The van der Waals surface area contributed by atoms with Crippen molar-refractivity contribution in [2.24, 2.45) is 0 Å². The molecule has 0 aliphatic carbocycles. The van der Waals surface area contributed by atoms with Gasteiger partial charge in [-0.15, -0.1) is 0 Å². The van der Waals surface area contributed by atoms with Crippen LogP contribution in [0.15, 0.2) is 61.2 Å². The van der Waals surface area contributed by atoms with Crippen LogP contribution in [0, 0.1) is 6.92 Å². The number of hydrogen-bond donors (Lipinski definition) is 3. The van der Waals surface area contributed by atoms with Crippen LogP contribution in [0.1, 0.15) is 42.9 Å². The van der Waals surface area contributed by atoms with Crippen LogP contribution < -0.4 is 30.3 Å². The van der Waals surface area contributed by atoms with E-state index < -0.39 is 0 Å². The average molecular weight is 558 g/mol. The number of nitrogens with one attached hydrogen (secondary N) is 3. The molecule has 2 saturated heterocycles. The highest BCUT2D eigenvalue weighted by molar-refractivity contribution is 5.99. The molecule has 9 nitrogen and oxygen atoms in total. The van der Waals surface area contributed by atoms with Crippen LogP contribution in [-0.4, -0.2) is 50.8 Å². The van der Waals surface area contributed by atoms with E-state index in [1.807, 2.05) is 43.3 Å². The molecule has 2 aliphatic rings.